The van der Waals surface area contributed by atoms with Crippen LogP contribution < -0.4 is 5.32 Å². The van der Waals surface area contributed by atoms with E-state index in [9.17, 15) is 0 Å². The fourth-order valence-electron chi connectivity index (χ4n) is 3.06. The lowest BCUT2D eigenvalue weighted by molar-refractivity contribution is 0.594. The molecule has 0 saturated carbocycles. The number of nitrogens with zero attached hydrogens (tertiary/aromatic N) is 3. The second-order valence-electron chi connectivity index (χ2n) is 5.52. The maximum absolute atomic E-state index is 4.64. The van der Waals surface area contributed by atoms with Crippen LogP contribution in [0.1, 0.15) is 55.2 Å². The van der Waals surface area contributed by atoms with Gasteiger partial charge in [0.25, 0.3) is 0 Å². The Labute approximate surface area is 126 Å². The van der Waals surface area contributed by atoms with Crippen molar-refractivity contribution in [2.45, 2.75) is 52.0 Å². The number of aryl methyl sites for hydroxylation is 3. The first-order valence-electron chi connectivity index (χ1n) is 7.88. The van der Waals surface area contributed by atoms with Gasteiger partial charge in [0.15, 0.2) is 0 Å². The molecule has 4 nitrogen and oxygen atoms in total. The van der Waals surface area contributed by atoms with Gasteiger partial charge in [0.1, 0.15) is 0 Å². The SMILES string of the molecule is CCc1nnc(NC2CCCc3ccccc32)nc1CC. The summed E-state index contributed by atoms with van der Waals surface area (Å²) in [6.07, 6.45) is 5.28. The zero-order chi connectivity index (χ0) is 14.7. The van der Waals surface area contributed by atoms with E-state index in [2.05, 4.69) is 58.6 Å². The van der Waals surface area contributed by atoms with Crippen LogP contribution in [-0.2, 0) is 19.3 Å². The van der Waals surface area contributed by atoms with E-state index in [1.807, 2.05) is 0 Å². The maximum atomic E-state index is 4.64. The Hall–Kier alpha value is -1.97. The van der Waals surface area contributed by atoms with Gasteiger partial charge in [-0.05, 0) is 43.2 Å². The third-order valence-electron chi connectivity index (χ3n) is 4.18. The molecule has 2 aromatic rings. The van der Waals surface area contributed by atoms with Crippen molar-refractivity contribution in [3.8, 4) is 0 Å². The topological polar surface area (TPSA) is 50.7 Å². The van der Waals surface area contributed by atoms with Crippen molar-refractivity contribution in [3.05, 3.63) is 46.8 Å². The van der Waals surface area contributed by atoms with Gasteiger partial charge in [-0.2, -0.15) is 5.10 Å². The molecule has 0 radical (unpaired) electrons. The predicted octanol–water partition coefficient (Wildman–Crippen LogP) is 3.49. The van der Waals surface area contributed by atoms with Crippen LogP contribution in [0.15, 0.2) is 24.3 Å². The Bertz CT molecular complexity index is 624. The standard InChI is InChI=1S/C17H22N4/c1-3-14-15(4-2)20-21-17(18-14)19-16-11-7-9-12-8-5-6-10-13(12)16/h5-6,8,10,16H,3-4,7,9,11H2,1-2H3,(H,18,19,21). The summed E-state index contributed by atoms with van der Waals surface area (Å²) < 4.78 is 0. The highest BCUT2D eigenvalue weighted by molar-refractivity contribution is 5.38. The van der Waals surface area contributed by atoms with Gasteiger partial charge in [-0.25, -0.2) is 4.98 Å². The lowest BCUT2D eigenvalue weighted by Gasteiger charge is -2.26. The summed E-state index contributed by atoms with van der Waals surface area (Å²) >= 11 is 0. The number of nitrogens with one attached hydrogen (secondary N) is 1. The van der Waals surface area contributed by atoms with E-state index >= 15 is 0 Å². The van der Waals surface area contributed by atoms with Crippen molar-refractivity contribution in [3.63, 3.8) is 0 Å². The molecule has 4 heteroatoms. The zero-order valence-corrected chi connectivity index (χ0v) is 12.8. The van der Waals surface area contributed by atoms with Crippen LogP contribution in [0.4, 0.5) is 5.95 Å². The fourth-order valence-corrected chi connectivity index (χ4v) is 3.06. The molecule has 1 aliphatic carbocycles. The molecule has 0 bridgehead atoms. The summed E-state index contributed by atoms with van der Waals surface area (Å²) in [6.45, 7) is 4.21. The van der Waals surface area contributed by atoms with Crippen LogP contribution in [0, 0.1) is 0 Å². The van der Waals surface area contributed by atoms with E-state index < -0.39 is 0 Å². The van der Waals surface area contributed by atoms with Gasteiger partial charge in [0.05, 0.1) is 17.4 Å². The largest absolute Gasteiger partial charge is 0.346 e. The minimum absolute atomic E-state index is 0.300. The van der Waals surface area contributed by atoms with Crippen molar-refractivity contribution in [1.82, 2.24) is 15.2 Å². The third kappa shape index (κ3) is 2.89. The summed E-state index contributed by atoms with van der Waals surface area (Å²) in [5, 5.41) is 12.0. The summed E-state index contributed by atoms with van der Waals surface area (Å²) in [5.74, 6) is 0.658. The van der Waals surface area contributed by atoms with Crippen LogP contribution in [0.3, 0.4) is 0 Å². The Kier molecular flexibility index (Phi) is 4.13. The minimum atomic E-state index is 0.300. The van der Waals surface area contributed by atoms with E-state index in [-0.39, 0.29) is 0 Å². The Morgan fingerprint density at radius 2 is 1.90 bits per heavy atom. The fraction of sp³-hybridized carbons (Fsp3) is 0.471. The molecule has 1 aromatic carbocycles. The molecular weight excluding hydrogens is 260 g/mol. The van der Waals surface area contributed by atoms with E-state index in [0.717, 1.165) is 30.7 Å². The average molecular weight is 282 g/mol. The Morgan fingerprint density at radius 1 is 1.10 bits per heavy atom. The first kappa shape index (κ1) is 14.0. The first-order valence-corrected chi connectivity index (χ1v) is 7.88. The van der Waals surface area contributed by atoms with Crippen LogP contribution in [0.25, 0.3) is 0 Å². The van der Waals surface area contributed by atoms with Crippen molar-refractivity contribution in [2.75, 3.05) is 5.32 Å². The molecule has 0 spiro atoms. The molecule has 3 rings (SSSR count). The highest BCUT2D eigenvalue weighted by Crippen LogP contribution is 2.31. The van der Waals surface area contributed by atoms with Gasteiger partial charge in [-0.15, -0.1) is 5.10 Å². The van der Waals surface area contributed by atoms with Crippen molar-refractivity contribution in [2.24, 2.45) is 0 Å². The summed E-state index contributed by atoms with van der Waals surface area (Å²) in [6, 6.07) is 8.95. The minimum Gasteiger partial charge on any atom is -0.346 e. The summed E-state index contributed by atoms with van der Waals surface area (Å²) in [7, 11) is 0. The van der Waals surface area contributed by atoms with E-state index in [1.54, 1.807) is 0 Å². The van der Waals surface area contributed by atoms with Gasteiger partial charge in [-0.3, -0.25) is 0 Å². The van der Waals surface area contributed by atoms with E-state index in [4.69, 9.17) is 0 Å². The molecule has 110 valence electrons. The number of hydrogen-bond acceptors (Lipinski definition) is 4. The number of fused-ring (bicyclic) bond motifs is 1. The van der Waals surface area contributed by atoms with Crippen LogP contribution in [0.2, 0.25) is 0 Å². The van der Waals surface area contributed by atoms with Crippen molar-refractivity contribution in [1.29, 1.82) is 0 Å². The molecule has 21 heavy (non-hydrogen) atoms. The molecule has 1 unspecified atom stereocenters. The lowest BCUT2D eigenvalue weighted by Crippen LogP contribution is -2.19. The van der Waals surface area contributed by atoms with Crippen LogP contribution >= 0.6 is 0 Å². The zero-order valence-electron chi connectivity index (χ0n) is 12.8. The molecular formula is C17H22N4. The van der Waals surface area contributed by atoms with Crippen molar-refractivity contribution < 1.29 is 0 Å². The number of benzene rings is 1. The Balaban J connectivity index is 1.85. The normalized spacial score (nSPS) is 17.3. The van der Waals surface area contributed by atoms with Gasteiger partial charge >= 0.3 is 0 Å². The van der Waals surface area contributed by atoms with Crippen molar-refractivity contribution >= 4 is 5.95 Å². The number of rotatable bonds is 4. The second kappa shape index (κ2) is 6.20. The van der Waals surface area contributed by atoms with Crippen LogP contribution in [-0.4, -0.2) is 15.2 Å². The molecule has 1 aromatic heterocycles. The second-order valence-corrected chi connectivity index (χ2v) is 5.52. The first-order chi connectivity index (χ1) is 10.3. The van der Waals surface area contributed by atoms with Gasteiger partial charge in [0.2, 0.25) is 5.95 Å². The van der Waals surface area contributed by atoms with Gasteiger partial charge in [0, 0.05) is 0 Å². The molecule has 1 atom stereocenters. The average Bonchev–Trinajstić information content (AvgIpc) is 2.55. The molecule has 0 amide bonds. The van der Waals surface area contributed by atoms with E-state index in [1.165, 1.54) is 24.0 Å². The van der Waals surface area contributed by atoms with Gasteiger partial charge in [-0.1, -0.05) is 38.1 Å². The van der Waals surface area contributed by atoms with E-state index in [0.29, 0.717) is 12.0 Å². The number of aromatic nitrogens is 3. The Morgan fingerprint density at radius 3 is 2.71 bits per heavy atom. The van der Waals surface area contributed by atoms with Crippen LogP contribution in [0.5, 0.6) is 0 Å². The number of hydrogen-bond donors (Lipinski definition) is 1. The quantitative estimate of drug-likeness (QED) is 0.932. The maximum Gasteiger partial charge on any atom is 0.243 e. The highest BCUT2D eigenvalue weighted by Gasteiger charge is 2.20. The highest BCUT2D eigenvalue weighted by atomic mass is 15.2. The monoisotopic (exact) mass is 282 g/mol. The molecule has 1 N–H and O–H groups in total. The summed E-state index contributed by atoms with van der Waals surface area (Å²) in [4.78, 5) is 4.64. The molecule has 0 aliphatic heterocycles. The number of anilines is 1. The molecule has 1 heterocycles. The smallest absolute Gasteiger partial charge is 0.243 e. The van der Waals surface area contributed by atoms with Gasteiger partial charge < -0.3 is 5.32 Å². The summed E-state index contributed by atoms with van der Waals surface area (Å²) in [5.41, 5.74) is 4.88. The molecule has 0 saturated heterocycles. The molecule has 0 fully saturated rings. The lowest BCUT2D eigenvalue weighted by atomic mass is 9.88. The third-order valence-corrected chi connectivity index (χ3v) is 4.18. The predicted molar refractivity (Wildman–Crippen MR) is 84.3 cm³/mol. The molecule has 1 aliphatic rings.